The Bertz CT molecular complexity index is 965. The summed E-state index contributed by atoms with van der Waals surface area (Å²) < 4.78 is 0. The van der Waals surface area contributed by atoms with Gasteiger partial charge in [-0.1, -0.05) is 40.6 Å². The lowest BCUT2D eigenvalue weighted by atomic mass is 10.2. The third-order valence-corrected chi connectivity index (χ3v) is 4.43. The minimum Gasteiger partial charge on any atom is -0.331 e. The van der Waals surface area contributed by atoms with Crippen LogP contribution in [0.5, 0.6) is 0 Å². The molecule has 8 nitrogen and oxygen atoms in total. The summed E-state index contributed by atoms with van der Waals surface area (Å²) >= 11 is 7.47. The van der Waals surface area contributed by atoms with E-state index in [1.165, 1.54) is 23.1 Å². The van der Waals surface area contributed by atoms with Crippen LogP contribution in [0.3, 0.4) is 0 Å². The molecule has 1 aromatic carbocycles. The first kappa shape index (κ1) is 17.1. The summed E-state index contributed by atoms with van der Waals surface area (Å²) in [7, 11) is 0. The molecule has 3 N–H and O–H groups in total. The third kappa shape index (κ3) is 4.40. The third-order valence-electron chi connectivity index (χ3n) is 3.13. The van der Waals surface area contributed by atoms with Gasteiger partial charge in [0.05, 0.1) is 11.1 Å². The SMILES string of the molecule is Cc1ccc(Nc2nc(Cl)c(/C=N/Nc3nnc(C)c(=O)[nH]3)s2)cc1. The van der Waals surface area contributed by atoms with Gasteiger partial charge in [0.25, 0.3) is 5.56 Å². The Morgan fingerprint density at radius 2 is 2.00 bits per heavy atom. The molecule has 10 heteroatoms. The number of thiazole rings is 1. The predicted molar refractivity (Wildman–Crippen MR) is 100 cm³/mol. The van der Waals surface area contributed by atoms with Gasteiger partial charge < -0.3 is 5.32 Å². The fraction of sp³-hybridized carbons (Fsp3) is 0.133. The number of rotatable bonds is 5. The summed E-state index contributed by atoms with van der Waals surface area (Å²) in [6.45, 7) is 3.59. The summed E-state index contributed by atoms with van der Waals surface area (Å²) in [4.78, 5) is 18.9. The van der Waals surface area contributed by atoms with Crippen LogP contribution < -0.4 is 16.3 Å². The first-order valence-corrected chi connectivity index (χ1v) is 8.43. The van der Waals surface area contributed by atoms with E-state index >= 15 is 0 Å². The molecule has 3 aromatic rings. The van der Waals surface area contributed by atoms with E-state index in [1.54, 1.807) is 6.92 Å². The standard InChI is InChI=1S/C15H14ClN7OS/c1-8-3-5-10(6-4-8)18-15-19-12(16)11(25-15)7-17-22-14-20-13(24)9(2)21-23-14/h3-7H,1-2H3,(H,18,19)(H2,20,22,23,24)/b17-7+. The number of aromatic nitrogens is 4. The zero-order valence-corrected chi connectivity index (χ0v) is 14.9. The molecule has 0 amide bonds. The molecule has 0 aliphatic carbocycles. The van der Waals surface area contributed by atoms with E-state index in [0.29, 0.717) is 15.2 Å². The zero-order chi connectivity index (χ0) is 17.8. The van der Waals surface area contributed by atoms with E-state index < -0.39 is 0 Å². The van der Waals surface area contributed by atoms with Crippen molar-refractivity contribution in [3.05, 3.63) is 55.9 Å². The molecule has 0 saturated heterocycles. The molecule has 3 rings (SSSR count). The van der Waals surface area contributed by atoms with Crippen LogP contribution in [0, 0.1) is 13.8 Å². The van der Waals surface area contributed by atoms with Gasteiger partial charge in [-0.3, -0.25) is 9.78 Å². The lowest BCUT2D eigenvalue weighted by Gasteiger charge is -2.01. The number of nitrogens with zero attached hydrogens (tertiary/aromatic N) is 4. The van der Waals surface area contributed by atoms with Crippen molar-refractivity contribution in [3.63, 3.8) is 0 Å². The molecule has 0 saturated carbocycles. The van der Waals surface area contributed by atoms with Crippen molar-refractivity contribution in [2.75, 3.05) is 10.7 Å². The Balaban J connectivity index is 1.68. The van der Waals surface area contributed by atoms with E-state index in [-0.39, 0.29) is 17.2 Å². The second-order valence-electron chi connectivity index (χ2n) is 5.12. The van der Waals surface area contributed by atoms with Crippen LogP contribution in [0.25, 0.3) is 0 Å². The molecule has 0 aliphatic rings. The monoisotopic (exact) mass is 375 g/mol. The smallest absolute Gasteiger partial charge is 0.274 e. The predicted octanol–water partition coefficient (Wildman–Crippen LogP) is 3.08. The molecular weight excluding hydrogens is 362 g/mol. The van der Waals surface area contributed by atoms with E-state index in [9.17, 15) is 4.79 Å². The minimum atomic E-state index is -0.326. The molecule has 2 aromatic heterocycles. The molecule has 25 heavy (non-hydrogen) atoms. The number of aromatic amines is 1. The van der Waals surface area contributed by atoms with Crippen molar-refractivity contribution in [2.45, 2.75) is 13.8 Å². The highest BCUT2D eigenvalue weighted by Gasteiger charge is 2.08. The van der Waals surface area contributed by atoms with Crippen molar-refractivity contribution >= 4 is 45.9 Å². The van der Waals surface area contributed by atoms with Gasteiger partial charge >= 0.3 is 0 Å². The Hall–Kier alpha value is -2.78. The fourth-order valence-corrected chi connectivity index (χ4v) is 2.85. The van der Waals surface area contributed by atoms with Gasteiger partial charge in [0.15, 0.2) is 10.3 Å². The van der Waals surface area contributed by atoms with Crippen LogP contribution in [-0.2, 0) is 0 Å². The number of hydrogen-bond acceptors (Lipinski definition) is 8. The van der Waals surface area contributed by atoms with E-state index in [1.807, 2.05) is 31.2 Å². The normalized spacial score (nSPS) is 11.0. The maximum atomic E-state index is 11.4. The van der Waals surface area contributed by atoms with Crippen molar-refractivity contribution in [1.82, 2.24) is 20.2 Å². The highest BCUT2D eigenvalue weighted by molar-refractivity contribution is 7.17. The first-order valence-electron chi connectivity index (χ1n) is 7.24. The number of nitrogens with one attached hydrogen (secondary N) is 3. The molecule has 0 radical (unpaired) electrons. The second kappa shape index (κ2) is 7.41. The van der Waals surface area contributed by atoms with Crippen LogP contribution in [0.2, 0.25) is 5.15 Å². The number of H-pyrrole nitrogens is 1. The maximum Gasteiger partial charge on any atom is 0.274 e. The van der Waals surface area contributed by atoms with Gasteiger partial charge in [0.1, 0.15) is 5.69 Å². The van der Waals surface area contributed by atoms with E-state index in [0.717, 1.165) is 5.69 Å². The van der Waals surface area contributed by atoms with Gasteiger partial charge in [-0.15, -0.1) is 10.2 Å². The van der Waals surface area contributed by atoms with E-state index in [4.69, 9.17) is 11.6 Å². The highest BCUT2D eigenvalue weighted by Crippen LogP contribution is 2.28. The Kier molecular flexibility index (Phi) is 5.05. The summed E-state index contributed by atoms with van der Waals surface area (Å²) in [6.07, 6.45) is 1.50. The molecule has 2 heterocycles. The van der Waals surface area contributed by atoms with Crippen LogP contribution >= 0.6 is 22.9 Å². The number of hydrogen-bond donors (Lipinski definition) is 3. The summed E-state index contributed by atoms with van der Waals surface area (Å²) in [5, 5.41) is 15.6. The highest BCUT2D eigenvalue weighted by atomic mass is 35.5. The van der Waals surface area contributed by atoms with Crippen LogP contribution in [0.1, 0.15) is 16.1 Å². The lowest BCUT2D eigenvalue weighted by molar-refractivity contribution is 0.897. The molecule has 0 atom stereocenters. The molecule has 0 fully saturated rings. The number of aryl methyl sites for hydroxylation is 2. The molecule has 128 valence electrons. The molecular formula is C15H14ClN7OS. The average Bonchev–Trinajstić information content (AvgIpc) is 2.93. The Labute approximate surface area is 152 Å². The largest absolute Gasteiger partial charge is 0.331 e. The molecule has 0 bridgehead atoms. The summed E-state index contributed by atoms with van der Waals surface area (Å²) in [5.74, 6) is 0.144. The number of halogens is 1. The number of hydrazone groups is 1. The summed E-state index contributed by atoms with van der Waals surface area (Å²) in [5.41, 5.74) is 4.65. The summed E-state index contributed by atoms with van der Waals surface area (Å²) in [6, 6.07) is 7.94. The molecule has 0 aliphatic heterocycles. The van der Waals surface area contributed by atoms with Gasteiger partial charge in [0, 0.05) is 5.69 Å². The van der Waals surface area contributed by atoms with Gasteiger partial charge in [0.2, 0.25) is 5.95 Å². The first-order chi connectivity index (χ1) is 12.0. The van der Waals surface area contributed by atoms with Crippen LogP contribution in [0.4, 0.5) is 16.8 Å². The second-order valence-corrected chi connectivity index (χ2v) is 6.51. The zero-order valence-electron chi connectivity index (χ0n) is 13.4. The van der Waals surface area contributed by atoms with Crippen molar-refractivity contribution in [1.29, 1.82) is 0 Å². The van der Waals surface area contributed by atoms with Crippen molar-refractivity contribution in [2.24, 2.45) is 5.10 Å². The maximum absolute atomic E-state index is 11.4. The minimum absolute atomic E-state index is 0.144. The Morgan fingerprint density at radius 3 is 2.72 bits per heavy atom. The van der Waals surface area contributed by atoms with Crippen molar-refractivity contribution in [3.8, 4) is 0 Å². The van der Waals surface area contributed by atoms with Crippen LogP contribution in [-0.4, -0.2) is 26.4 Å². The number of anilines is 3. The average molecular weight is 376 g/mol. The van der Waals surface area contributed by atoms with E-state index in [2.05, 4.69) is 36.0 Å². The van der Waals surface area contributed by atoms with Gasteiger partial charge in [-0.05, 0) is 26.0 Å². The molecule has 0 spiro atoms. The Morgan fingerprint density at radius 1 is 1.24 bits per heavy atom. The topological polar surface area (TPSA) is 108 Å². The molecule has 0 unspecified atom stereocenters. The van der Waals surface area contributed by atoms with Gasteiger partial charge in [-0.2, -0.15) is 5.10 Å². The lowest BCUT2D eigenvalue weighted by Crippen LogP contribution is -2.15. The van der Waals surface area contributed by atoms with Gasteiger partial charge in [-0.25, -0.2) is 10.4 Å². The quantitative estimate of drug-likeness (QED) is 0.467. The fourth-order valence-electron chi connectivity index (χ4n) is 1.80. The van der Waals surface area contributed by atoms with Crippen molar-refractivity contribution < 1.29 is 0 Å². The van der Waals surface area contributed by atoms with Crippen LogP contribution in [0.15, 0.2) is 34.2 Å². The number of benzene rings is 1.